The van der Waals surface area contributed by atoms with Crippen molar-refractivity contribution in [3.8, 4) is 63.0 Å². The highest BCUT2D eigenvalue weighted by atomic mass is 127. The standard InChI is InChI=1S/C33H42ClN5O4Si.C27H28ClN5O3.C22H28ClIN4O2Si.C11H15NO2/c1-23(40)37-33(2,3)25-9-13-27(14-10-25)43-32-35-29-21-28(34)30(36-31(29)39(32)22-42-19-20-44(4,5)6)24-7-11-26(12-8-24)38-15-17-41-18-16-38;1-17(34)32-27(2,3)19-6-10-21(11-7-19)36-26-29-23-16-22(28)24(30-25(23)31-26)18-4-8-20(9-5-18)33-12-14-35-15-13-33;1-31(2,3)13-12-30-15-28-21-19(25-22(28)24)14-18(23)20(26-21)16-4-6-17(7-5-16)27-8-10-29-11-9-27;1-8(13)12-11(2,3)9-4-6-10(14)7-5-9/h7-14,21H,15-20,22H2,1-6H3,(H,37,40);4-11,16H,12-15H2,1-3H3,(H,32,34)(H,29,30,31);4-7,14H,8-13,15H2,1-3H3;4-7,14H,1-3H3,(H,12,13). The van der Waals surface area contributed by atoms with Crippen LogP contribution in [0.15, 0.2) is 164 Å². The molecule has 12 aromatic rings. The Hall–Kier alpha value is -9.78. The molecular weight excluding hydrogens is 1790 g/mol. The Bertz CT molecular complexity index is 5660. The molecule has 0 atom stereocenters. The number of rotatable bonds is 26. The largest absolute Gasteiger partial charge is 0.508 e. The molecule has 662 valence electrons. The van der Waals surface area contributed by atoms with Crippen molar-refractivity contribution in [2.45, 2.75) is 144 Å². The van der Waals surface area contributed by atoms with Crippen molar-refractivity contribution in [1.29, 1.82) is 0 Å². The number of pyridine rings is 3. The Morgan fingerprint density at radius 2 is 0.800 bits per heavy atom. The molecule has 3 saturated heterocycles. The number of halogens is 4. The molecule has 0 aliphatic carbocycles. The zero-order valence-corrected chi connectivity index (χ0v) is 80.2. The minimum atomic E-state index is -1.27. The zero-order chi connectivity index (χ0) is 89.5. The number of ether oxygens (including phenoxy) is 7. The van der Waals surface area contributed by atoms with Gasteiger partial charge in [-0.3, -0.25) is 23.5 Å². The van der Waals surface area contributed by atoms with Gasteiger partial charge >= 0.3 is 12.0 Å². The minimum Gasteiger partial charge on any atom is -0.508 e. The number of aromatic hydroxyl groups is 1. The number of carbonyl (C=O) groups is 3. The molecule has 0 radical (unpaired) electrons. The highest BCUT2D eigenvalue weighted by Gasteiger charge is 2.28. The van der Waals surface area contributed by atoms with Crippen LogP contribution >= 0.6 is 57.4 Å². The summed E-state index contributed by atoms with van der Waals surface area (Å²) in [4.78, 5) is 72.6. The first-order chi connectivity index (χ1) is 59.4. The third kappa shape index (κ3) is 26.0. The molecule has 5 N–H and O–H groups in total. The number of H-pyrrole nitrogens is 1. The molecule has 9 heterocycles. The number of morpholine rings is 3. The van der Waals surface area contributed by atoms with E-state index in [2.05, 4.69) is 168 Å². The van der Waals surface area contributed by atoms with Crippen molar-refractivity contribution in [3.05, 3.63) is 199 Å². The number of aromatic amines is 1. The highest BCUT2D eigenvalue weighted by molar-refractivity contribution is 14.1. The summed E-state index contributed by atoms with van der Waals surface area (Å²) in [6.45, 7) is 42.2. The number of imidazole rings is 3. The molecule has 0 bridgehead atoms. The Morgan fingerprint density at radius 1 is 0.456 bits per heavy atom. The average molecular weight is 1910 g/mol. The maximum absolute atomic E-state index is 11.7. The number of carbonyl (C=O) groups excluding carboxylic acids is 3. The Labute approximate surface area is 761 Å². The monoisotopic (exact) mass is 1900 g/mol. The van der Waals surface area contributed by atoms with E-state index < -0.39 is 32.8 Å². The smallest absolute Gasteiger partial charge is 0.306 e. The van der Waals surface area contributed by atoms with Crippen LogP contribution < -0.4 is 40.1 Å². The number of aromatic nitrogens is 9. The molecule has 0 saturated carbocycles. The first kappa shape index (κ1) is 94.4. The Kier molecular flexibility index (Phi) is 31.5. The van der Waals surface area contributed by atoms with E-state index in [1.54, 1.807) is 24.3 Å². The number of fused-ring (bicyclic) bond motifs is 3. The average Bonchev–Trinajstić information content (AvgIpc) is 1.64. The Morgan fingerprint density at radius 3 is 1.18 bits per heavy atom. The fraction of sp³-hybridized carbons (Fsp3) is 0.387. The van der Waals surface area contributed by atoms with Crippen molar-refractivity contribution in [2.75, 3.05) is 107 Å². The van der Waals surface area contributed by atoms with Crippen molar-refractivity contribution in [3.63, 3.8) is 0 Å². The summed E-state index contributed by atoms with van der Waals surface area (Å²) in [5, 5.41) is 19.5. The van der Waals surface area contributed by atoms with Gasteiger partial charge in [-0.1, -0.05) is 147 Å². The van der Waals surface area contributed by atoms with Gasteiger partial charge in [0.1, 0.15) is 41.7 Å². The predicted octanol–water partition coefficient (Wildman–Crippen LogP) is 19.6. The van der Waals surface area contributed by atoms with Gasteiger partial charge in [0.2, 0.25) is 17.7 Å². The van der Waals surface area contributed by atoms with Gasteiger partial charge < -0.3 is 73.9 Å². The summed E-state index contributed by atoms with van der Waals surface area (Å²) in [5.41, 5.74) is 14.0. The van der Waals surface area contributed by atoms with Gasteiger partial charge in [0.15, 0.2) is 20.8 Å². The first-order valence-corrected chi connectivity index (χ1v) is 51.6. The van der Waals surface area contributed by atoms with Gasteiger partial charge in [0.25, 0.3) is 0 Å². The number of hydrogen-bond acceptors (Lipinski definition) is 20. The second-order valence-corrected chi connectivity index (χ2v) is 48.5. The lowest BCUT2D eigenvalue weighted by Gasteiger charge is -2.28. The van der Waals surface area contributed by atoms with Crippen molar-refractivity contribution in [1.82, 2.24) is 60.0 Å². The van der Waals surface area contributed by atoms with Crippen molar-refractivity contribution < 1.29 is 52.6 Å². The van der Waals surface area contributed by atoms with Crippen LogP contribution in [0, 0.1) is 3.83 Å². The van der Waals surface area contributed by atoms with E-state index in [4.69, 9.17) is 93.0 Å². The summed E-state index contributed by atoms with van der Waals surface area (Å²) < 4.78 is 45.5. The van der Waals surface area contributed by atoms with Crippen molar-refractivity contribution in [2.24, 2.45) is 0 Å². The summed E-state index contributed by atoms with van der Waals surface area (Å²) in [7, 11) is -2.39. The first-order valence-electron chi connectivity index (χ1n) is 41.9. The van der Waals surface area contributed by atoms with Crippen LogP contribution in [0.25, 0.3) is 67.3 Å². The minimum absolute atomic E-state index is 0.0666. The fourth-order valence-electron chi connectivity index (χ4n) is 14.4. The topological polar surface area (TPSA) is 285 Å². The maximum atomic E-state index is 11.7. The number of nitrogens with zero attached hydrogens (tertiary/aromatic N) is 11. The van der Waals surface area contributed by atoms with E-state index >= 15 is 0 Å². The van der Waals surface area contributed by atoms with E-state index in [0.717, 1.165) is 163 Å². The SMILES string of the molecule is CC(=O)NC(C)(C)c1ccc(O)cc1.CC(=O)NC(C)(C)c1ccc(Oc2nc3cc(Cl)c(-c4ccc(N5CCOCC5)cc4)nc3n2COCC[Si](C)(C)C)cc1.CC(=O)NC(C)(C)c1ccc(Oc2nc3nc(-c4ccc(N5CCOCC5)cc4)c(Cl)cc3[nH]2)cc1.C[Si](C)(C)CCOCn1c(I)nc2cc(Cl)c(-c3ccc(N4CCOCC4)cc3)nc21. The molecule has 3 fully saturated rings. The predicted molar refractivity (Wildman–Crippen MR) is 512 cm³/mol. The molecule has 26 nitrogen and oxygen atoms in total. The van der Waals surface area contributed by atoms with Gasteiger partial charge in [-0.25, -0.2) is 19.9 Å². The summed E-state index contributed by atoms with van der Waals surface area (Å²) >= 11 is 22.2. The molecule has 3 aliphatic heterocycles. The molecular formula is C93H113Cl3IN15O11Si2. The number of anilines is 3. The van der Waals surface area contributed by atoms with Crippen LogP contribution in [0.4, 0.5) is 17.1 Å². The third-order valence-electron chi connectivity index (χ3n) is 21.3. The lowest BCUT2D eigenvalue weighted by atomic mass is 9.94. The molecule has 3 aliphatic rings. The highest BCUT2D eigenvalue weighted by Crippen LogP contribution is 2.38. The summed E-state index contributed by atoms with van der Waals surface area (Å²) in [5.74, 6) is 1.21. The number of nitrogens with one attached hydrogen (secondary N) is 4. The number of phenols is 1. The van der Waals surface area contributed by atoms with Crippen LogP contribution in [0.3, 0.4) is 0 Å². The molecule has 0 spiro atoms. The Balaban J connectivity index is 0.000000160. The number of phenolic OH excluding ortho intramolecular Hbond substituents is 1. The van der Waals surface area contributed by atoms with Gasteiger partial charge in [-0.05, 0) is 161 Å². The van der Waals surface area contributed by atoms with Gasteiger partial charge in [-0.2, -0.15) is 9.97 Å². The quantitative estimate of drug-likeness (QED) is 0.0191. The fourth-order valence-corrected chi connectivity index (χ4v) is 17.3. The van der Waals surface area contributed by atoms with E-state index in [9.17, 15) is 14.4 Å². The molecule has 15 rings (SSSR count). The summed E-state index contributed by atoms with van der Waals surface area (Å²) in [6.07, 6.45) is 0. The van der Waals surface area contributed by atoms with E-state index in [1.165, 1.54) is 26.5 Å². The van der Waals surface area contributed by atoms with E-state index in [1.807, 2.05) is 130 Å². The second kappa shape index (κ2) is 41.8. The van der Waals surface area contributed by atoms with Gasteiger partial charge in [0, 0.05) is 146 Å². The van der Waals surface area contributed by atoms with Gasteiger partial charge in [0.05, 0.1) is 93.9 Å². The number of hydrogen-bond donors (Lipinski definition) is 5. The molecule has 125 heavy (non-hydrogen) atoms. The zero-order valence-electron chi connectivity index (χ0n) is 73.8. The lowest BCUT2D eigenvalue weighted by Crippen LogP contribution is -2.39. The van der Waals surface area contributed by atoms with Crippen LogP contribution in [-0.4, -0.2) is 175 Å². The maximum Gasteiger partial charge on any atom is 0.306 e. The van der Waals surface area contributed by atoms with Gasteiger partial charge in [-0.15, -0.1) is 0 Å². The molecule has 6 aromatic heterocycles. The summed E-state index contributed by atoms with van der Waals surface area (Å²) in [6, 6.07) is 55.3. The normalized spacial score (nSPS) is 14.1. The molecule has 32 heteroatoms. The van der Waals surface area contributed by atoms with Crippen LogP contribution in [0.2, 0.25) is 66.4 Å². The molecule has 0 unspecified atom stereocenters. The number of amides is 3. The second-order valence-electron chi connectivity index (χ2n) is 35.0. The lowest BCUT2D eigenvalue weighted by molar-refractivity contribution is -0.121. The molecule has 6 aromatic carbocycles. The van der Waals surface area contributed by atoms with Crippen LogP contribution in [-0.2, 0) is 68.1 Å². The third-order valence-corrected chi connectivity index (χ3v) is 26.4. The van der Waals surface area contributed by atoms with Crippen molar-refractivity contribution >= 4 is 142 Å². The number of benzene rings is 6. The van der Waals surface area contributed by atoms with Crippen LogP contribution in [0.1, 0.15) is 79.0 Å². The molecule has 3 amide bonds. The van der Waals surface area contributed by atoms with E-state index in [-0.39, 0.29) is 30.2 Å². The van der Waals surface area contributed by atoms with Crippen LogP contribution in [0.5, 0.6) is 29.3 Å². The van der Waals surface area contributed by atoms with E-state index in [0.29, 0.717) is 85.6 Å².